The lowest BCUT2D eigenvalue weighted by Gasteiger charge is -2.30. The van der Waals surface area contributed by atoms with Gasteiger partial charge in [-0.05, 0) is 43.8 Å². The van der Waals surface area contributed by atoms with Crippen molar-refractivity contribution in [2.24, 2.45) is 5.92 Å². The van der Waals surface area contributed by atoms with Crippen LogP contribution in [0.1, 0.15) is 38.7 Å². The van der Waals surface area contributed by atoms with E-state index in [1.165, 1.54) is 0 Å². The molecule has 2 fully saturated rings. The van der Waals surface area contributed by atoms with Crippen molar-refractivity contribution in [1.82, 2.24) is 15.1 Å². The molecule has 1 aromatic carbocycles. The number of rotatable bonds is 6. The van der Waals surface area contributed by atoms with Gasteiger partial charge in [-0.1, -0.05) is 44.2 Å². The van der Waals surface area contributed by atoms with Gasteiger partial charge in [-0.2, -0.15) is 0 Å². The molecule has 0 aliphatic carbocycles. The Kier molecular flexibility index (Phi) is 5.74. The fourth-order valence-electron chi connectivity index (χ4n) is 4.00. The Hall–Kier alpha value is -1.88. The van der Waals surface area contributed by atoms with E-state index in [4.69, 9.17) is 0 Å². The third-order valence-corrected chi connectivity index (χ3v) is 5.26. The molecule has 25 heavy (non-hydrogen) atoms. The molecule has 0 saturated carbocycles. The molecule has 2 heterocycles. The highest BCUT2D eigenvalue weighted by Crippen LogP contribution is 2.20. The number of nitrogens with one attached hydrogen (secondary N) is 1. The van der Waals surface area contributed by atoms with Crippen LogP contribution in [0, 0.1) is 5.92 Å². The summed E-state index contributed by atoms with van der Waals surface area (Å²) in [6.45, 7) is 7.45. The van der Waals surface area contributed by atoms with Gasteiger partial charge in [0.1, 0.15) is 6.04 Å². The van der Waals surface area contributed by atoms with E-state index in [1.807, 2.05) is 35.2 Å². The summed E-state index contributed by atoms with van der Waals surface area (Å²) in [5, 5.41) is 3.03. The smallest absolute Gasteiger partial charge is 0.245 e. The van der Waals surface area contributed by atoms with Crippen LogP contribution in [-0.2, 0) is 16.1 Å². The fraction of sp³-hybridized carbons (Fsp3) is 0.600. The van der Waals surface area contributed by atoms with Crippen molar-refractivity contribution in [1.29, 1.82) is 0 Å². The predicted octanol–water partition coefficient (Wildman–Crippen LogP) is 2.02. The van der Waals surface area contributed by atoms with Crippen LogP contribution in [0.2, 0.25) is 0 Å². The molecule has 5 nitrogen and oxygen atoms in total. The second kappa shape index (κ2) is 8.00. The van der Waals surface area contributed by atoms with Crippen LogP contribution >= 0.6 is 0 Å². The monoisotopic (exact) mass is 343 g/mol. The molecule has 2 aliphatic rings. The molecule has 1 N–H and O–H groups in total. The second-order valence-corrected chi connectivity index (χ2v) is 7.53. The van der Waals surface area contributed by atoms with Crippen molar-refractivity contribution >= 4 is 11.8 Å². The number of benzene rings is 1. The second-order valence-electron chi connectivity index (χ2n) is 7.53. The normalized spacial score (nSPS) is 22.6. The minimum atomic E-state index is -0.375. The lowest BCUT2D eigenvalue weighted by molar-refractivity contribution is -0.135. The standard InChI is InChI=1S/C20H29N3O2/c1-15(2)18(22-11-6-7-12-22)19(24)21-17-10-13-23(20(17)25)14-16-8-4-3-5-9-16/h3-5,8-9,15,17-18H,6-7,10-14H2,1-2H3,(H,21,24). The van der Waals surface area contributed by atoms with Gasteiger partial charge in [-0.3, -0.25) is 14.5 Å². The lowest BCUT2D eigenvalue weighted by atomic mass is 10.0. The van der Waals surface area contributed by atoms with Gasteiger partial charge in [0.15, 0.2) is 0 Å². The quantitative estimate of drug-likeness (QED) is 0.860. The molecular formula is C20H29N3O2. The summed E-state index contributed by atoms with van der Waals surface area (Å²) < 4.78 is 0. The van der Waals surface area contributed by atoms with Crippen LogP contribution in [0.25, 0.3) is 0 Å². The molecule has 5 heteroatoms. The number of hydrogen-bond donors (Lipinski definition) is 1. The van der Waals surface area contributed by atoms with Gasteiger partial charge in [-0.25, -0.2) is 0 Å². The first kappa shape index (κ1) is 17.9. The summed E-state index contributed by atoms with van der Waals surface area (Å²) in [6.07, 6.45) is 3.01. The van der Waals surface area contributed by atoms with Crippen molar-refractivity contribution in [3.63, 3.8) is 0 Å². The summed E-state index contributed by atoms with van der Waals surface area (Å²) in [5.41, 5.74) is 1.12. The van der Waals surface area contributed by atoms with Crippen molar-refractivity contribution in [2.75, 3.05) is 19.6 Å². The van der Waals surface area contributed by atoms with Crippen molar-refractivity contribution in [3.05, 3.63) is 35.9 Å². The van der Waals surface area contributed by atoms with Gasteiger partial charge in [0, 0.05) is 13.1 Å². The zero-order valence-corrected chi connectivity index (χ0v) is 15.3. The van der Waals surface area contributed by atoms with Crippen LogP contribution in [0.5, 0.6) is 0 Å². The SMILES string of the molecule is CC(C)C(C(=O)NC1CCN(Cc2ccccc2)C1=O)N1CCCC1. The van der Waals surface area contributed by atoms with E-state index in [-0.39, 0.29) is 29.8 Å². The minimum absolute atomic E-state index is 0.0109. The van der Waals surface area contributed by atoms with Crippen LogP contribution in [0.4, 0.5) is 0 Å². The molecule has 2 amide bonds. The number of amides is 2. The Labute approximate surface area is 150 Å². The molecule has 2 aliphatic heterocycles. The van der Waals surface area contributed by atoms with Gasteiger partial charge in [-0.15, -0.1) is 0 Å². The van der Waals surface area contributed by atoms with Crippen LogP contribution in [-0.4, -0.2) is 53.3 Å². The molecule has 136 valence electrons. The Balaban J connectivity index is 1.59. The highest BCUT2D eigenvalue weighted by Gasteiger charge is 2.37. The summed E-state index contributed by atoms with van der Waals surface area (Å²) >= 11 is 0. The molecule has 2 unspecified atom stereocenters. The van der Waals surface area contributed by atoms with E-state index >= 15 is 0 Å². The number of carbonyl (C=O) groups excluding carboxylic acids is 2. The first-order valence-corrected chi connectivity index (χ1v) is 9.43. The van der Waals surface area contributed by atoms with E-state index in [9.17, 15) is 9.59 Å². The Morgan fingerprint density at radius 1 is 1.16 bits per heavy atom. The van der Waals surface area contributed by atoms with Gasteiger partial charge in [0.2, 0.25) is 11.8 Å². The minimum Gasteiger partial charge on any atom is -0.343 e. The maximum absolute atomic E-state index is 12.8. The van der Waals surface area contributed by atoms with Crippen LogP contribution in [0.15, 0.2) is 30.3 Å². The third kappa shape index (κ3) is 4.21. The summed E-state index contributed by atoms with van der Waals surface area (Å²) in [7, 11) is 0. The van der Waals surface area contributed by atoms with Crippen molar-refractivity contribution < 1.29 is 9.59 Å². The van der Waals surface area contributed by atoms with Crippen molar-refractivity contribution in [3.8, 4) is 0 Å². The van der Waals surface area contributed by atoms with E-state index in [0.29, 0.717) is 19.5 Å². The van der Waals surface area contributed by atoms with E-state index in [0.717, 1.165) is 31.5 Å². The maximum Gasteiger partial charge on any atom is 0.245 e. The van der Waals surface area contributed by atoms with E-state index < -0.39 is 0 Å². The molecule has 2 saturated heterocycles. The first-order valence-electron chi connectivity index (χ1n) is 9.43. The van der Waals surface area contributed by atoms with Crippen LogP contribution in [0.3, 0.4) is 0 Å². The van der Waals surface area contributed by atoms with Crippen LogP contribution < -0.4 is 5.32 Å². The molecule has 2 atom stereocenters. The molecule has 1 aromatic rings. The Morgan fingerprint density at radius 2 is 1.84 bits per heavy atom. The highest BCUT2D eigenvalue weighted by molar-refractivity contribution is 5.91. The van der Waals surface area contributed by atoms with E-state index in [1.54, 1.807) is 0 Å². The topological polar surface area (TPSA) is 52.7 Å². The summed E-state index contributed by atoms with van der Waals surface area (Å²) in [4.78, 5) is 29.6. The molecule has 0 aromatic heterocycles. The summed E-state index contributed by atoms with van der Waals surface area (Å²) in [5.74, 6) is 0.299. The average Bonchev–Trinajstić information content (AvgIpc) is 3.21. The highest BCUT2D eigenvalue weighted by atomic mass is 16.2. The number of carbonyl (C=O) groups is 2. The van der Waals surface area contributed by atoms with Gasteiger partial charge < -0.3 is 10.2 Å². The predicted molar refractivity (Wildman–Crippen MR) is 97.8 cm³/mol. The van der Waals surface area contributed by atoms with Gasteiger partial charge in [0.25, 0.3) is 0 Å². The lowest BCUT2D eigenvalue weighted by Crippen LogP contribution is -2.52. The average molecular weight is 343 g/mol. The molecule has 0 bridgehead atoms. The van der Waals surface area contributed by atoms with Gasteiger partial charge in [0.05, 0.1) is 6.04 Å². The Morgan fingerprint density at radius 3 is 2.48 bits per heavy atom. The first-order chi connectivity index (χ1) is 12.1. The largest absolute Gasteiger partial charge is 0.343 e. The van der Waals surface area contributed by atoms with Crippen molar-refractivity contribution in [2.45, 2.75) is 51.7 Å². The fourth-order valence-corrected chi connectivity index (χ4v) is 4.00. The molecule has 0 radical (unpaired) electrons. The van der Waals surface area contributed by atoms with Gasteiger partial charge >= 0.3 is 0 Å². The number of likely N-dealkylation sites (tertiary alicyclic amines) is 2. The molecular weight excluding hydrogens is 314 g/mol. The van der Waals surface area contributed by atoms with E-state index in [2.05, 4.69) is 24.1 Å². The Bertz CT molecular complexity index is 596. The maximum atomic E-state index is 12.8. The molecule has 3 rings (SSSR count). The zero-order valence-electron chi connectivity index (χ0n) is 15.3. The third-order valence-electron chi connectivity index (χ3n) is 5.26. The zero-order chi connectivity index (χ0) is 17.8. The number of nitrogens with zero attached hydrogens (tertiary/aromatic N) is 2. The number of hydrogen-bond acceptors (Lipinski definition) is 3. The molecule has 0 spiro atoms. The summed E-state index contributed by atoms with van der Waals surface area (Å²) in [6, 6.07) is 9.50.